The minimum Gasteiger partial charge on any atom is -0.444 e. The lowest BCUT2D eigenvalue weighted by Crippen LogP contribution is -2.39. The maximum atomic E-state index is 12.5. The number of ether oxygens (including phenoxy) is 1. The van der Waals surface area contributed by atoms with Gasteiger partial charge < -0.3 is 46.9 Å². The number of pyridine rings is 2. The molecule has 2 fully saturated rings. The fourth-order valence-electron chi connectivity index (χ4n) is 8.84. The Bertz CT molecular complexity index is 2940. The molecule has 9 N–H and O–H groups in total. The Kier molecular flexibility index (Phi) is 17.6. The molecule has 0 radical (unpaired) electrons. The molecule has 6 aromatic rings. The van der Waals surface area contributed by atoms with Gasteiger partial charge in [-0.25, -0.2) is 14.8 Å². The van der Waals surface area contributed by atoms with Crippen LogP contribution in [0.4, 0.5) is 50.6 Å². The van der Waals surface area contributed by atoms with Crippen molar-refractivity contribution in [2.45, 2.75) is 53.1 Å². The number of aromatic nitrogens is 2. The Hall–Kier alpha value is -8.11. The van der Waals surface area contributed by atoms with E-state index in [0.29, 0.717) is 48.0 Å². The van der Waals surface area contributed by atoms with Crippen LogP contribution in [-0.4, -0.2) is 117 Å². The molecular weight excluding hydrogens is 913 g/mol. The van der Waals surface area contributed by atoms with Gasteiger partial charge in [0.05, 0.1) is 46.6 Å². The van der Waals surface area contributed by atoms with Crippen molar-refractivity contribution in [2.24, 2.45) is 9.98 Å². The average molecular weight is 983 g/mol. The molecule has 0 bridgehead atoms. The fraction of sp³-hybridized carbons (Fsp3) is 0.316. The summed E-state index contributed by atoms with van der Waals surface area (Å²) in [7, 11) is 3.40. The third-order valence-corrected chi connectivity index (χ3v) is 12.6. The summed E-state index contributed by atoms with van der Waals surface area (Å²) in [5, 5.41) is 28.5. The zero-order valence-electron chi connectivity index (χ0n) is 43.2. The van der Waals surface area contributed by atoms with Crippen molar-refractivity contribution in [3.8, 4) is 0 Å². The fourth-order valence-corrected chi connectivity index (χ4v) is 8.84. The first-order valence-electron chi connectivity index (χ1n) is 24.8. The van der Waals surface area contributed by atoms with E-state index in [0.717, 1.165) is 119 Å². The van der Waals surface area contributed by atoms with E-state index in [4.69, 9.17) is 37.0 Å². The summed E-state index contributed by atoms with van der Waals surface area (Å²) in [6.45, 7) is 16.4. The molecule has 0 saturated carbocycles. The molecule has 73 heavy (non-hydrogen) atoms. The van der Waals surface area contributed by atoms with Crippen LogP contribution in [0.1, 0.15) is 78.1 Å². The summed E-state index contributed by atoms with van der Waals surface area (Å²) in [4.78, 5) is 36.5. The molecule has 0 unspecified atom stereocenters. The molecule has 1 amide bonds. The Morgan fingerprint density at radius 3 is 1.59 bits per heavy atom. The SMILES string of the molecule is CN=Cc1c(N)cccc1C(=N)c1cccc(C)c1Nc1ccc(N2CCCN(C(=O)OC(C)(C)C)CC2)nc1.CN=Cc1c(N)cccc1C(=N)c1cccc(C)c1Nc1ccc(N2CCCNCC2)nc1. The molecule has 8 rings (SSSR count). The number of nitrogens with zero attached hydrogens (tertiary/aromatic N) is 7. The first-order valence-corrected chi connectivity index (χ1v) is 24.8. The summed E-state index contributed by atoms with van der Waals surface area (Å²) in [5.74, 6) is 1.85. The quantitative estimate of drug-likeness (QED) is 0.0452. The van der Waals surface area contributed by atoms with Crippen molar-refractivity contribution < 1.29 is 9.53 Å². The number of aliphatic imine (C=N–C) groups is 2. The van der Waals surface area contributed by atoms with Crippen LogP contribution in [0.2, 0.25) is 0 Å². The molecule has 16 nitrogen and oxygen atoms in total. The van der Waals surface area contributed by atoms with Crippen LogP contribution in [0, 0.1) is 24.7 Å². The van der Waals surface area contributed by atoms with E-state index in [1.54, 1.807) is 37.6 Å². The van der Waals surface area contributed by atoms with Crippen molar-refractivity contribution in [1.29, 1.82) is 10.8 Å². The maximum Gasteiger partial charge on any atom is 0.410 e. The van der Waals surface area contributed by atoms with Gasteiger partial charge in [-0.05, 0) is 102 Å². The molecular formula is C57H70N14O2. The minimum atomic E-state index is -0.510. The van der Waals surface area contributed by atoms with Crippen LogP contribution in [0.25, 0.3) is 0 Å². The van der Waals surface area contributed by atoms with E-state index in [-0.39, 0.29) is 6.09 Å². The number of hydrogen-bond acceptors (Lipinski definition) is 15. The highest BCUT2D eigenvalue weighted by atomic mass is 16.6. The van der Waals surface area contributed by atoms with E-state index in [9.17, 15) is 4.79 Å². The van der Waals surface area contributed by atoms with Gasteiger partial charge in [-0.15, -0.1) is 0 Å². The van der Waals surface area contributed by atoms with Gasteiger partial charge in [0.1, 0.15) is 17.2 Å². The second kappa shape index (κ2) is 24.3. The van der Waals surface area contributed by atoms with Crippen LogP contribution >= 0.6 is 0 Å². The summed E-state index contributed by atoms with van der Waals surface area (Å²) in [6.07, 6.45) is 8.76. The summed E-state index contributed by atoms with van der Waals surface area (Å²) < 4.78 is 5.55. The average Bonchev–Trinajstić information content (AvgIpc) is 3.81. The van der Waals surface area contributed by atoms with E-state index in [1.165, 1.54) is 0 Å². The van der Waals surface area contributed by atoms with E-state index >= 15 is 0 Å². The maximum absolute atomic E-state index is 12.5. The van der Waals surface area contributed by atoms with Crippen molar-refractivity contribution >= 4 is 75.7 Å². The van der Waals surface area contributed by atoms with Gasteiger partial charge in [-0.2, -0.15) is 0 Å². The zero-order valence-corrected chi connectivity index (χ0v) is 43.2. The summed E-state index contributed by atoms with van der Waals surface area (Å²) >= 11 is 0. The summed E-state index contributed by atoms with van der Waals surface area (Å²) in [5.41, 5.74) is 23.8. The number of carbonyl (C=O) groups excluding carboxylic acids is 1. The molecule has 4 heterocycles. The van der Waals surface area contributed by atoms with Gasteiger partial charge in [0.15, 0.2) is 0 Å². The lowest BCUT2D eigenvalue weighted by molar-refractivity contribution is 0.0263. The molecule has 0 atom stereocenters. The van der Waals surface area contributed by atoms with Gasteiger partial charge in [0, 0.05) is 117 Å². The standard InChI is InChI=1S/C31H39N7O2.C26H31N7/c1-21-9-6-11-24(28(33)23-10-7-12-26(32)25(23)20-34-5)29(21)36-22-13-14-27(35-19-22)37-15-8-16-38(18-17-37)30(39)40-31(2,3)4;1-18-6-3-8-21(25(28)20-7-4-9-23(27)22(20)17-29-2)26(18)32-19-10-11-24(31-16-19)33-14-5-12-30-13-15-33/h6-7,9-14,19-20,33,36H,8,15-18,32H2,1-5H3;3-4,6-11,16-17,28,30,32H,5,12-15,27H2,1-2H3. The molecule has 0 aliphatic carbocycles. The number of rotatable bonds is 12. The number of nitrogen functional groups attached to an aromatic ring is 2. The smallest absolute Gasteiger partial charge is 0.410 e. The normalized spacial score (nSPS) is 14.3. The number of anilines is 8. The predicted molar refractivity (Wildman–Crippen MR) is 302 cm³/mol. The first-order chi connectivity index (χ1) is 35.1. The zero-order chi connectivity index (χ0) is 52.1. The number of para-hydroxylation sites is 2. The van der Waals surface area contributed by atoms with Gasteiger partial charge in [-0.3, -0.25) is 20.8 Å². The Balaban J connectivity index is 0.000000218. The van der Waals surface area contributed by atoms with Crippen LogP contribution in [0.15, 0.2) is 119 Å². The molecule has 2 aliphatic rings. The molecule has 2 aliphatic heterocycles. The third kappa shape index (κ3) is 13.4. The van der Waals surface area contributed by atoms with Crippen LogP contribution in [0.5, 0.6) is 0 Å². The van der Waals surface area contributed by atoms with Crippen LogP contribution in [-0.2, 0) is 4.74 Å². The molecule has 380 valence electrons. The Labute approximate surface area is 430 Å². The highest BCUT2D eigenvalue weighted by Crippen LogP contribution is 2.31. The number of benzene rings is 4. The topological polar surface area (TPSA) is 222 Å². The number of carbonyl (C=O) groups is 1. The molecule has 0 spiro atoms. The van der Waals surface area contributed by atoms with Gasteiger partial charge in [-0.1, -0.05) is 60.7 Å². The number of amides is 1. The lowest BCUT2D eigenvalue weighted by atomic mass is 9.94. The van der Waals surface area contributed by atoms with Gasteiger partial charge >= 0.3 is 6.09 Å². The first kappa shape index (κ1) is 52.7. The Morgan fingerprint density at radius 1 is 0.630 bits per heavy atom. The molecule has 2 saturated heterocycles. The van der Waals surface area contributed by atoms with E-state index < -0.39 is 5.60 Å². The van der Waals surface area contributed by atoms with Crippen molar-refractivity contribution in [3.63, 3.8) is 0 Å². The van der Waals surface area contributed by atoms with E-state index in [2.05, 4.69) is 47.9 Å². The van der Waals surface area contributed by atoms with Crippen molar-refractivity contribution in [1.82, 2.24) is 20.2 Å². The molecule has 16 heteroatoms. The second-order valence-corrected chi connectivity index (χ2v) is 19.1. The largest absolute Gasteiger partial charge is 0.444 e. The third-order valence-electron chi connectivity index (χ3n) is 12.6. The van der Waals surface area contributed by atoms with Crippen molar-refractivity contribution in [3.05, 3.63) is 154 Å². The second-order valence-electron chi connectivity index (χ2n) is 19.1. The number of nitrogens with one attached hydrogen (secondary N) is 5. The lowest BCUT2D eigenvalue weighted by Gasteiger charge is -2.26. The van der Waals surface area contributed by atoms with Crippen LogP contribution in [0.3, 0.4) is 0 Å². The van der Waals surface area contributed by atoms with E-state index in [1.807, 2.05) is 126 Å². The minimum absolute atomic E-state index is 0.270. The van der Waals surface area contributed by atoms with Crippen LogP contribution < -0.4 is 37.2 Å². The summed E-state index contributed by atoms with van der Waals surface area (Å²) in [6, 6.07) is 31.1. The highest BCUT2D eigenvalue weighted by molar-refractivity contribution is 6.20. The number of aryl methyl sites for hydroxylation is 2. The molecule has 2 aromatic heterocycles. The monoisotopic (exact) mass is 983 g/mol. The van der Waals surface area contributed by atoms with Gasteiger partial charge in [0.25, 0.3) is 0 Å². The number of nitrogens with two attached hydrogens (primary N) is 2. The number of hydrogen-bond donors (Lipinski definition) is 7. The van der Waals surface area contributed by atoms with Gasteiger partial charge in [0.2, 0.25) is 0 Å². The highest BCUT2D eigenvalue weighted by Gasteiger charge is 2.25. The Morgan fingerprint density at radius 2 is 1.11 bits per heavy atom. The van der Waals surface area contributed by atoms with Crippen molar-refractivity contribution in [2.75, 3.05) is 98.4 Å². The predicted octanol–water partition coefficient (Wildman–Crippen LogP) is 9.61. The molecule has 4 aromatic carbocycles.